The fourth-order valence-corrected chi connectivity index (χ4v) is 3.45. The third-order valence-electron chi connectivity index (χ3n) is 4.54. The van der Waals surface area contributed by atoms with Gasteiger partial charge in [0.2, 0.25) is 5.91 Å². The van der Waals surface area contributed by atoms with Crippen LogP contribution in [0.4, 0.5) is 11.4 Å². The van der Waals surface area contributed by atoms with Gasteiger partial charge in [0.25, 0.3) is 0 Å². The van der Waals surface area contributed by atoms with Crippen molar-refractivity contribution < 1.29 is 4.79 Å². The lowest BCUT2D eigenvalue weighted by Crippen LogP contribution is -2.36. The number of fused-ring (bicyclic) bond motifs is 1. The van der Waals surface area contributed by atoms with Crippen LogP contribution in [0.5, 0.6) is 0 Å². The molecule has 0 spiro atoms. The average molecular weight is 286 g/mol. The molecule has 0 atom stereocenters. The van der Waals surface area contributed by atoms with Crippen molar-refractivity contribution in [3.05, 3.63) is 23.8 Å². The van der Waals surface area contributed by atoms with Gasteiger partial charge in [-0.05, 0) is 49.3 Å². The quantitative estimate of drug-likeness (QED) is 0.847. The molecule has 2 aliphatic rings. The van der Waals surface area contributed by atoms with E-state index in [0.717, 1.165) is 38.2 Å². The number of rotatable bonds is 3. The molecule has 0 unspecified atom stereocenters. The highest BCUT2D eigenvalue weighted by Gasteiger charge is 2.24. The third-order valence-corrected chi connectivity index (χ3v) is 4.54. The number of aryl methyl sites for hydroxylation is 1. The van der Waals surface area contributed by atoms with E-state index in [1.54, 1.807) is 0 Å². The zero-order valence-electron chi connectivity index (χ0n) is 13.3. The van der Waals surface area contributed by atoms with Crippen LogP contribution in [0.25, 0.3) is 0 Å². The summed E-state index contributed by atoms with van der Waals surface area (Å²) in [6.07, 6.45) is 5.40. The molecule has 1 aromatic carbocycles. The molecule has 0 aromatic heterocycles. The molecule has 0 radical (unpaired) electrons. The SMILES string of the molecule is CC(C)CC(=O)N1CCCc2ccc(N3CCCC3)cc21. The number of amides is 1. The molecule has 2 heterocycles. The Kier molecular flexibility index (Phi) is 4.18. The summed E-state index contributed by atoms with van der Waals surface area (Å²) in [5.41, 5.74) is 3.79. The Balaban J connectivity index is 1.87. The molecule has 21 heavy (non-hydrogen) atoms. The highest BCUT2D eigenvalue weighted by molar-refractivity contribution is 5.95. The van der Waals surface area contributed by atoms with Gasteiger partial charge in [-0.3, -0.25) is 4.79 Å². The molecule has 1 aromatic rings. The van der Waals surface area contributed by atoms with Gasteiger partial charge >= 0.3 is 0 Å². The van der Waals surface area contributed by atoms with Crippen molar-refractivity contribution in [1.29, 1.82) is 0 Å². The van der Waals surface area contributed by atoms with Gasteiger partial charge in [0, 0.05) is 37.4 Å². The van der Waals surface area contributed by atoms with Crippen LogP contribution in [0.2, 0.25) is 0 Å². The van der Waals surface area contributed by atoms with Crippen LogP contribution in [0.15, 0.2) is 18.2 Å². The van der Waals surface area contributed by atoms with Crippen molar-refractivity contribution in [1.82, 2.24) is 0 Å². The van der Waals surface area contributed by atoms with E-state index in [2.05, 4.69) is 36.9 Å². The number of anilines is 2. The summed E-state index contributed by atoms with van der Waals surface area (Å²) >= 11 is 0. The lowest BCUT2D eigenvalue weighted by atomic mass is 9.99. The first kappa shape index (κ1) is 14.4. The van der Waals surface area contributed by atoms with E-state index in [1.165, 1.54) is 24.1 Å². The fraction of sp³-hybridized carbons (Fsp3) is 0.611. The van der Waals surface area contributed by atoms with Crippen LogP contribution in [0, 0.1) is 5.92 Å². The maximum atomic E-state index is 12.5. The Hall–Kier alpha value is -1.51. The molecule has 0 saturated carbocycles. The molecule has 3 heteroatoms. The Morgan fingerprint density at radius 3 is 2.62 bits per heavy atom. The highest BCUT2D eigenvalue weighted by atomic mass is 16.2. The molecule has 1 amide bonds. The molecule has 3 nitrogen and oxygen atoms in total. The summed E-state index contributed by atoms with van der Waals surface area (Å²) in [7, 11) is 0. The topological polar surface area (TPSA) is 23.6 Å². The average Bonchev–Trinajstić information content (AvgIpc) is 2.99. The number of hydrogen-bond donors (Lipinski definition) is 0. The van der Waals surface area contributed by atoms with Crippen molar-refractivity contribution in [3.63, 3.8) is 0 Å². The zero-order chi connectivity index (χ0) is 14.8. The Labute approximate surface area is 127 Å². The third kappa shape index (κ3) is 3.07. The van der Waals surface area contributed by atoms with Crippen LogP contribution in [0.3, 0.4) is 0 Å². The predicted octanol–water partition coefficient (Wildman–Crippen LogP) is 3.61. The summed E-state index contributed by atoms with van der Waals surface area (Å²) in [4.78, 5) is 17.0. The lowest BCUT2D eigenvalue weighted by molar-refractivity contribution is -0.119. The van der Waals surface area contributed by atoms with Crippen molar-refractivity contribution >= 4 is 17.3 Å². The minimum atomic E-state index is 0.282. The van der Waals surface area contributed by atoms with Crippen molar-refractivity contribution in [2.45, 2.75) is 46.0 Å². The molecule has 1 saturated heterocycles. The van der Waals surface area contributed by atoms with Crippen molar-refractivity contribution in [2.75, 3.05) is 29.4 Å². The van der Waals surface area contributed by atoms with Gasteiger partial charge in [0.15, 0.2) is 0 Å². The molecular weight excluding hydrogens is 260 g/mol. The van der Waals surface area contributed by atoms with E-state index in [4.69, 9.17) is 0 Å². The normalized spacial score (nSPS) is 18.2. The standard InChI is InChI=1S/C18H26N2O/c1-14(2)12-18(21)20-11-5-6-15-7-8-16(13-17(15)20)19-9-3-4-10-19/h7-8,13-14H,3-6,9-12H2,1-2H3. The van der Waals surface area contributed by atoms with Crippen molar-refractivity contribution in [2.24, 2.45) is 5.92 Å². The second-order valence-electron chi connectivity index (χ2n) is 6.75. The van der Waals surface area contributed by atoms with Gasteiger partial charge in [-0.25, -0.2) is 0 Å². The Morgan fingerprint density at radius 2 is 1.90 bits per heavy atom. The summed E-state index contributed by atoms with van der Waals surface area (Å²) in [5.74, 6) is 0.703. The first-order valence-electron chi connectivity index (χ1n) is 8.33. The second-order valence-corrected chi connectivity index (χ2v) is 6.75. The molecule has 114 valence electrons. The van der Waals surface area contributed by atoms with E-state index >= 15 is 0 Å². The minimum Gasteiger partial charge on any atom is -0.371 e. The number of hydrogen-bond acceptors (Lipinski definition) is 2. The maximum Gasteiger partial charge on any atom is 0.227 e. The summed E-state index contributed by atoms with van der Waals surface area (Å²) in [6.45, 7) is 7.41. The first-order valence-corrected chi connectivity index (χ1v) is 8.33. The molecule has 0 aliphatic carbocycles. The van der Waals surface area contributed by atoms with E-state index < -0.39 is 0 Å². The van der Waals surface area contributed by atoms with E-state index in [1.807, 2.05) is 4.90 Å². The molecule has 3 rings (SSSR count). The lowest BCUT2D eigenvalue weighted by Gasteiger charge is -2.31. The van der Waals surface area contributed by atoms with Gasteiger partial charge in [-0.15, -0.1) is 0 Å². The van der Waals surface area contributed by atoms with E-state index in [9.17, 15) is 4.79 Å². The first-order chi connectivity index (χ1) is 10.1. The van der Waals surface area contributed by atoms with E-state index in [-0.39, 0.29) is 5.91 Å². The smallest absolute Gasteiger partial charge is 0.227 e. The molecule has 1 fully saturated rings. The largest absolute Gasteiger partial charge is 0.371 e. The summed E-state index contributed by atoms with van der Waals surface area (Å²) in [6, 6.07) is 6.72. The predicted molar refractivity (Wildman–Crippen MR) is 88.0 cm³/mol. The molecular formula is C18H26N2O. The number of nitrogens with zero attached hydrogens (tertiary/aromatic N) is 2. The van der Waals surface area contributed by atoms with Crippen molar-refractivity contribution in [3.8, 4) is 0 Å². The number of benzene rings is 1. The molecule has 0 bridgehead atoms. The minimum absolute atomic E-state index is 0.282. The van der Waals surface area contributed by atoms with E-state index in [0.29, 0.717) is 12.3 Å². The molecule has 0 N–H and O–H groups in total. The summed E-state index contributed by atoms with van der Waals surface area (Å²) in [5, 5.41) is 0. The summed E-state index contributed by atoms with van der Waals surface area (Å²) < 4.78 is 0. The van der Waals surface area contributed by atoms with Gasteiger partial charge in [0.1, 0.15) is 0 Å². The fourth-order valence-electron chi connectivity index (χ4n) is 3.45. The molecule has 2 aliphatic heterocycles. The maximum absolute atomic E-state index is 12.5. The highest BCUT2D eigenvalue weighted by Crippen LogP contribution is 2.33. The van der Waals surface area contributed by atoms with Crippen LogP contribution in [-0.2, 0) is 11.2 Å². The van der Waals surface area contributed by atoms with Crippen LogP contribution >= 0.6 is 0 Å². The van der Waals surface area contributed by atoms with Gasteiger partial charge in [-0.1, -0.05) is 19.9 Å². The number of carbonyl (C=O) groups is 1. The van der Waals surface area contributed by atoms with Gasteiger partial charge in [-0.2, -0.15) is 0 Å². The zero-order valence-corrected chi connectivity index (χ0v) is 13.3. The van der Waals surface area contributed by atoms with Gasteiger partial charge in [0.05, 0.1) is 0 Å². The van der Waals surface area contributed by atoms with Crippen LogP contribution in [0.1, 0.15) is 45.1 Å². The van der Waals surface area contributed by atoms with Gasteiger partial charge < -0.3 is 9.80 Å². The number of carbonyl (C=O) groups excluding carboxylic acids is 1. The monoisotopic (exact) mass is 286 g/mol. The second kappa shape index (κ2) is 6.08. The Bertz CT molecular complexity index is 518. The Morgan fingerprint density at radius 1 is 1.14 bits per heavy atom. The van der Waals surface area contributed by atoms with Crippen LogP contribution in [-0.4, -0.2) is 25.5 Å². The van der Waals surface area contributed by atoms with Crippen LogP contribution < -0.4 is 9.80 Å².